The van der Waals surface area contributed by atoms with Crippen LogP contribution in [0.3, 0.4) is 0 Å². The van der Waals surface area contributed by atoms with Gasteiger partial charge < -0.3 is 11.1 Å². The molecule has 5 nitrogen and oxygen atoms in total. The Kier molecular flexibility index (Phi) is 7.20. The highest BCUT2D eigenvalue weighted by molar-refractivity contribution is 7.15. The number of benzene rings is 2. The second kappa shape index (κ2) is 9.64. The number of nitrogens with zero attached hydrogens (tertiary/aromatic N) is 1. The van der Waals surface area contributed by atoms with Crippen molar-refractivity contribution >= 4 is 23.2 Å². The first-order valence-corrected chi connectivity index (χ1v) is 10.6. The SMILES string of the molecule is Cc1nc(Cc2cc(F)cc(C(F)(F)F)c2)sc1-c1ccc(C(=O)NCC(N)=O)c(C(F)(F)F)c1. The van der Waals surface area contributed by atoms with Crippen LogP contribution in [-0.4, -0.2) is 23.3 Å². The van der Waals surface area contributed by atoms with Gasteiger partial charge in [0.05, 0.1) is 38.8 Å². The number of halogens is 7. The smallest absolute Gasteiger partial charge is 0.368 e. The largest absolute Gasteiger partial charge is 0.417 e. The Balaban J connectivity index is 1.96. The van der Waals surface area contributed by atoms with Gasteiger partial charge in [-0.25, -0.2) is 9.37 Å². The van der Waals surface area contributed by atoms with Gasteiger partial charge in [-0.2, -0.15) is 26.3 Å². The van der Waals surface area contributed by atoms with Crippen molar-refractivity contribution in [3.8, 4) is 10.4 Å². The van der Waals surface area contributed by atoms with E-state index in [2.05, 4.69) is 4.98 Å². The van der Waals surface area contributed by atoms with Gasteiger partial charge in [-0.15, -0.1) is 11.3 Å². The summed E-state index contributed by atoms with van der Waals surface area (Å²) in [7, 11) is 0. The van der Waals surface area contributed by atoms with E-state index in [9.17, 15) is 40.3 Å². The summed E-state index contributed by atoms with van der Waals surface area (Å²) in [6.07, 6.45) is -9.83. The molecule has 0 radical (unpaired) electrons. The van der Waals surface area contributed by atoms with Gasteiger partial charge in [0, 0.05) is 6.42 Å². The van der Waals surface area contributed by atoms with Crippen LogP contribution in [0.4, 0.5) is 30.7 Å². The van der Waals surface area contributed by atoms with Gasteiger partial charge in [0.25, 0.3) is 5.91 Å². The summed E-state index contributed by atoms with van der Waals surface area (Å²) >= 11 is 0.931. The van der Waals surface area contributed by atoms with E-state index in [0.717, 1.165) is 35.6 Å². The number of thiazole rings is 1. The first-order valence-electron chi connectivity index (χ1n) is 9.76. The number of aryl methyl sites for hydroxylation is 1. The number of hydrogen-bond acceptors (Lipinski definition) is 4. The number of nitrogens with one attached hydrogen (secondary N) is 1. The number of carbonyl (C=O) groups is 2. The highest BCUT2D eigenvalue weighted by Crippen LogP contribution is 2.38. The molecule has 1 heterocycles. The Morgan fingerprint density at radius 2 is 1.71 bits per heavy atom. The number of hydrogen-bond donors (Lipinski definition) is 2. The standard InChI is InChI=1S/C22H16F7N3O2S/c1-10-19(35-18(32-10)6-11-4-13(21(24,25)26)8-14(23)5-11)12-2-3-15(16(7-12)22(27,28)29)20(34)31-9-17(30)33/h2-5,7-8H,6,9H2,1H3,(H2,30,33)(H,31,34). The predicted molar refractivity (Wildman–Crippen MR) is 113 cm³/mol. The van der Waals surface area contributed by atoms with E-state index < -0.39 is 53.2 Å². The fraction of sp³-hybridized carbons (Fsp3) is 0.227. The van der Waals surface area contributed by atoms with Gasteiger partial charge in [-0.05, 0) is 48.4 Å². The Bertz CT molecular complexity index is 1280. The van der Waals surface area contributed by atoms with Crippen molar-refractivity contribution < 1.29 is 40.3 Å². The fourth-order valence-corrected chi connectivity index (χ4v) is 4.36. The number of primary amides is 1. The number of amides is 2. The van der Waals surface area contributed by atoms with Crippen molar-refractivity contribution in [2.75, 3.05) is 6.54 Å². The second-order valence-corrected chi connectivity index (χ2v) is 8.54. The maximum Gasteiger partial charge on any atom is 0.417 e. The number of rotatable bonds is 6. The zero-order chi connectivity index (χ0) is 26.1. The first-order chi connectivity index (χ1) is 16.1. The quantitative estimate of drug-likeness (QED) is 0.445. The Labute approximate surface area is 197 Å². The van der Waals surface area contributed by atoms with Gasteiger partial charge in [0.1, 0.15) is 5.82 Å². The number of aromatic nitrogens is 1. The third-order valence-electron chi connectivity index (χ3n) is 4.74. The zero-order valence-electron chi connectivity index (χ0n) is 17.8. The maximum atomic E-state index is 13.7. The normalized spacial score (nSPS) is 12.0. The van der Waals surface area contributed by atoms with Crippen LogP contribution in [0.15, 0.2) is 36.4 Å². The second-order valence-electron chi connectivity index (χ2n) is 7.45. The summed E-state index contributed by atoms with van der Waals surface area (Å²) in [5.74, 6) is -3.16. The van der Waals surface area contributed by atoms with Crippen LogP contribution >= 0.6 is 11.3 Å². The van der Waals surface area contributed by atoms with Crippen LogP contribution < -0.4 is 11.1 Å². The molecule has 2 aromatic carbocycles. The van der Waals surface area contributed by atoms with E-state index in [4.69, 9.17) is 5.73 Å². The lowest BCUT2D eigenvalue weighted by Gasteiger charge is -2.14. The molecule has 0 unspecified atom stereocenters. The minimum absolute atomic E-state index is 0.00456. The van der Waals surface area contributed by atoms with Crippen molar-refractivity contribution in [1.29, 1.82) is 0 Å². The molecule has 13 heteroatoms. The zero-order valence-corrected chi connectivity index (χ0v) is 18.6. The lowest BCUT2D eigenvalue weighted by atomic mass is 10.0. The Hall–Kier alpha value is -3.48. The number of carbonyl (C=O) groups excluding carboxylic acids is 2. The molecule has 0 aliphatic carbocycles. The molecule has 0 atom stereocenters. The summed E-state index contributed by atoms with van der Waals surface area (Å²) in [6.45, 7) is 0.855. The molecule has 0 saturated carbocycles. The summed E-state index contributed by atoms with van der Waals surface area (Å²) in [4.78, 5) is 27.4. The van der Waals surface area contributed by atoms with E-state index in [1.807, 2.05) is 5.32 Å². The molecule has 0 spiro atoms. The summed E-state index contributed by atoms with van der Waals surface area (Å²) in [5, 5.41) is 2.26. The third-order valence-corrected chi connectivity index (χ3v) is 5.94. The van der Waals surface area contributed by atoms with Crippen LogP contribution in [0, 0.1) is 12.7 Å². The molecule has 0 aliphatic heterocycles. The molecule has 3 rings (SSSR count). The lowest BCUT2D eigenvalue weighted by Crippen LogP contribution is -2.34. The van der Waals surface area contributed by atoms with Crippen molar-refractivity contribution in [3.63, 3.8) is 0 Å². The van der Waals surface area contributed by atoms with Crippen LogP contribution in [0.2, 0.25) is 0 Å². The highest BCUT2D eigenvalue weighted by atomic mass is 32.1. The predicted octanol–water partition coefficient (Wildman–Crippen LogP) is 5.10. The average Bonchev–Trinajstić information content (AvgIpc) is 3.09. The molecule has 3 N–H and O–H groups in total. The van der Waals surface area contributed by atoms with Gasteiger partial charge in [0.15, 0.2) is 0 Å². The average molecular weight is 519 g/mol. The van der Waals surface area contributed by atoms with Gasteiger partial charge >= 0.3 is 12.4 Å². The summed E-state index contributed by atoms with van der Waals surface area (Å²) < 4.78 is 93.6. The molecular weight excluding hydrogens is 503 g/mol. The van der Waals surface area contributed by atoms with E-state index in [0.29, 0.717) is 16.6 Å². The Morgan fingerprint density at radius 3 is 2.31 bits per heavy atom. The van der Waals surface area contributed by atoms with E-state index >= 15 is 0 Å². The van der Waals surface area contributed by atoms with Crippen molar-refractivity contribution in [2.45, 2.75) is 25.7 Å². The molecule has 0 aliphatic rings. The van der Waals surface area contributed by atoms with Crippen molar-refractivity contribution in [1.82, 2.24) is 10.3 Å². The fourth-order valence-electron chi connectivity index (χ4n) is 3.27. The molecule has 186 valence electrons. The van der Waals surface area contributed by atoms with Crippen molar-refractivity contribution in [3.05, 3.63) is 75.2 Å². The lowest BCUT2D eigenvalue weighted by molar-refractivity contribution is -0.138. The van der Waals surface area contributed by atoms with Crippen LogP contribution in [0.5, 0.6) is 0 Å². The molecule has 3 aromatic rings. The van der Waals surface area contributed by atoms with E-state index in [1.54, 1.807) is 0 Å². The molecule has 35 heavy (non-hydrogen) atoms. The minimum atomic E-state index is -4.91. The minimum Gasteiger partial charge on any atom is -0.368 e. The molecule has 0 saturated heterocycles. The van der Waals surface area contributed by atoms with Gasteiger partial charge in [-0.1, -0.05) is 6.07 Å². The third kappa shape index (κ3) is 6.35. The monoisotopic (exact) mass is 519 g/mol. The summed E-state index contributed by atoms with van der Waals surface area (Å²) in [6, 6.07) is 5.00. The molecule has 1 aromatic heterocycles. The molecule has 2 amide bonds. The van der Waals surface area contributed by atoms with Gasteiger partial charge in [0.2, 0.25) is 5.91 Å². The molecule has 0 fully saturated rings. The maximum absolute atomic E-state index is 13.7. The van der Waals surface area contributed by atoms with E-state index in [-0.39, 0.29) is 22.6 Å². The number of nitrogens with two attached hydrogens (primary N) is 1. The number of alkyl halides is 6. The highest BCUT2D eigenvalue weighted by Gasteiger charge is 2.36. The van der Waals surface area contributed by atoms with Gasteiger partial charge in [-0.3, -0.25) is 9.59 Å². The molecular formula is C22H16F7N3O2S. The Morgan fingerprint density at radius 1 is 1.03 bits per heavy atom. The molecule has 0 bridgehead atoms. The topological polar surface area (TPSA) is 85.1 Å². The first kappa shape index (κ1) is 26.1. The van der Waals surface area contributed by atoms with E-state index in [1.165, 1.54) is 13.0 Å². The summed E-state index contributed by atoms with van der Waals surface area (Å²) in [5.41, 5.74) is 2.12. The van der Waals surface area contributed by atoms with Crippen LogP contribution in [-0.2, 0) is 23.6 Å². The van der Waals surface area contributed by atoms with Crippen LogP contribution in [0.25, 0.3) is 10.4 Å². The van der Waals surface area contributed by atoms with Crippen molar-refractivity contribution in [2.24, 2.45) is 5.73 Å². The van der Waals surface area contributed by atoms with Crippen LogP contribution in [0.1, 0.15) is 37.7 Å².